The van der Waals surface area contributed by atoms with Crippen LogP contribution in [-0.2, 0) is 0 Å². The summed E-state index contributed by atoms with van der Waals surface area (Å²) in [7, 11) is 0. The Kier molecular flexibility index (Phi) is 4.64. The number of benzene rings is 1. The maximum Gasteiger partial charge on any atom is 0.0453 e. The van der Waals surface area contributed by atoms with E-state index in [0.29, 0.717) is 0 Å². The first-order chi connectivity index (χ1) is 6.25. The molecule has 0 spiro atoms. The molecule has 1 aromatic carbocycles. The van der Waals surface area contributed by atoms with Crippen LogP contribution in [-0.4, -0.2) is 12.0 Å². The smallest absolute Gasteiger partial charge is 0.0453 e. The minimum atomic E-state index is 0.0705. The Morgan fingerprint density at radius 3 is 2.77 bits per heavy atom. The molecule has 1 nitrogen and oxygen atoms in total. The van der Waals surface area contributed by atoms with Crippen molar-refractivity contribution in [2.24, 2.45) is 5.73 Å². The average molecular weight is 216 g/mol. The quantitative estimate of drug-likeness (QED) is 0.836. The summed E-state index contributed by atoms with van der Waals surface area (Å²) in [5.74, 6) is 1.08. The predicted molar refractivity (Wildman–Crippen MR) is 61.4 cm³/mol. The van der Waals surface area contributed by atoms with Gasteiger partial charge in [0.1, 0.15) is 0 Å². The van der Waals surface area contributed by atoms with E-state index in [1.165, 1.54) is 0 Å². The standard InChI is InChI=1S/C10H14ClNS/c1-13-7-6-10(12)8-4-2-3-5-9(8)11/h2-5,10H,6-7,12H2,1H3. The van der Waals surface area contributed by atoms with Gasteiger partial charge in [-0.05, 0) is 30.1 Å². The van der Waals surface area contributed by atoms with Gasteiger partial charge in [0, 0.05) is 11.1 Å². The van der Waals surface area contributed by atoms with Gasteiger partial charge in [0.15, 0.2) is 0 Å². The number of rotatable bonds is 4. The summed E-state index contributed by atoms with van der Waals surface area (Å²) in [6, 6.07) is 7.84. The van der Waals surface area contributed by atoms with Crippen LogP contribution in [0.4, 0.5) is 0 Å². The summed E-state index contributed by atoms with van der Waals surface area (Å²) >= 11 is 7.82. The van der Waals surface area contributed by atoms with Crippen LogP contribution in [0.15, 0.2) is 24.3 Å². The van der Waals surface area contributed by atoms with E-state index in [4.69, 9.17) is 17.3 Å². The van der Waals surface area contributed by atoms with E-state index < -0.39 is 0 Å². The highest BCUT2D eigenvalue weighted by Crippen LogP contribution is 2.23. The topological polar surface area (TPSA) is 26.0 Å². The number of hydrogen-bond donors (Lipinski definition) is 1. The second-order valence-corrected chi connectivity index (χ2v) is 4.30. The van der Waals surface area contributed by atoms with Crippen molar-refractivity contribution < 1.29 is 0 Å². The van der Waals surface area contributed by atoms with Gasteiger partial charge >= 0.3 is 0 Å². The molecule has 13 heavy (non-hydrogen) atoms. The Balaban J connectivity index is 2.65. The molecule has 1 aromatic rings. The van der Waals surface area contributed by atoms with Crippen LogP contribution >= 0.6 is 23.4 Å². The van der Waals surface area contributed by atoms with Crippen LogP contribution in [0.3, 0.4) is 0 Å². The van der Waals surface area contributed by atoms with E-state index in [9.17, 15) is 0 Å². The minimum Gasteiger partial charge on any atom is -0.324 e. The monoisotopic (exact) mass is 215 g/mol. The zero-order valence-corrected chi connectivity index (χ0v) is 9.24. The molecule has 0 heterocycles. The molecule has 0 aromatic heterocycles. The maximum atomic E-state index is 6.01. The van der Waals surface area contributed by atoms with Gasteiger partial charge in [0.2, 0.25) is 0 Å². The fourth-order valence-corrected chi connectivity index (χ4v) is 1.94. The highest BCUT2D eigenvalue weighted by atomic mass is 35.5. The second-order valence-electron chi connectivity index (χ2n) is 2.91. The zero-order valence-electron chi connectivity index (χ0n) is 7.66. The summed E-state index contributed by atoms with van der Waals surface area (Å²) < 4.78 is 0. The molecule has 0 aliphatic carbocycles. The fraction of sp³-hybridized carbons (Fsp3) is 0.400. The molecular weight excluding hydrogens is 202 g/mol. The van der Waals surface area contributed by atoms with Crippen molar-refractivity contribution >= 4 is 23.4 Å². The lowest BCUT2D eigenvalue weighted by Gasteiger charge is -2.12. The van der Waals surface area contributed by atoms with Crippen molar-refractivity contribution in [3.63, 3.8) is 0 Å². The highest BCUT2D eigenvalue weighted by molar-refractivity contribution is 7.98. The van der Waals surface area contributed by atoms with Gasteiger partial charge < -0.3 is 5.73 Å². The Bertz CT molecular complexity index is 265. The summed E-state index contributed by atoms with van der Waals surface area (Å²) in [6.45, 7) is 0. The molecule has 1 unspecified atom stereocenters. The van der Waals surface area contributed by atoms with E-state index in [1.807, 2.05) is 36.0 Å². The Morgan fingerprint density at radius 2 is 2.15 bits per heavy atom. The van der Waals surface area contributed by atoms with Crippen molar-refractivity contribution in [1.82, 2.24) is 0 Å². The van der Waals surface area contributed by atoms with E-state index in [2.05, 4.69) is 6.26 Å². The molecule has 0 aliphatic rings. The molecule has 0 bridgehead atoms. The van der Waals surface area contributed by atoms with Crippen LogP contribution in [0.2, 0.25) is 5.02 Å². The third-order valence-electron chi connectivity index (χ3n) is 1.94. The molecule has 0 amide bonds. The van der Waals surface area contributed by atoms with Crippen LogP contribution in [0.5, 0.6) is 0 Å². The van der Waals surface area contributed by atoms with Crippen molar-refractivity contribution in [3.8, 4) is 0 Å². The summed E-state index contributed by atoms with van der Waals surface area (Å²) in [6.07, 6.45) is 3.06. The van der Waals surface area contributed by atoms with Gasteiger partial charge in [-0.2, -0.15) is 11.8 Å². The number of halogens is 1. The zero-order chi connectivity index (χ0) is 9.68. The Hall–Kier alpha value is -0.180. The van der Waals surface area contributed by atoms with Crippen LogP contribution in [0.25, 0.3) is 0 Å². The first-order valence-corrected chi connectivity index (χ1v) is 6.02. The molecule has 0 saturated heterocycles. The van der Waals surface area contributed by atoms with Crippen molar-refractivity contribution in [2.75, 3.05) is 12.0 Å². The van der Waals surface area contributed by atoms with Gasteiger partial charge in [-0.15, -0.1) is 0 Å². The Labute approximate surface area is 88.7 Å². The van der Waals surface area contributed by atoms with Crippen molar-refractivity contribution in [1.29, 1.82) is 0 Å². The lowest BCUT2D eigenvalue weighted by atomic mass is 10.1. The molecular formula is C10H14ClNS. The Morgan fingerprint density at radius 1 is 1.46 bits per heavy atom. The van der Waals surface area contributed by atoms with Gasteiger partial charge in [-0.25, -0.2) is 0 Å². The van der Waals surface area contributed by atoms with E-state index in [-0.39, 0.29) is 6.04 Å². The third-order valence-corrected chi connectivity index (χ3v) is 2.93. The fourth-order valence-electron chi connectivity index (χ4n) is 1.18. The van der Waals surface area contributed by atoms with Gasteiger partial charge in [0.05, 0.1) is 0 Å². The van der Waals surface area contributed by atoms with E-state index in [0.717, 1.165) is 22.8 Å². The lowest BCUT2D eigenvalue weighted by Crippen LogP contribution is -2.11. The van der Waals surface area contributed by atoms with Crippen LogP contribution < -0.4 is 5.73 Å². The number of nitrogens with two attached hydrogens (primary N) is 1. The maximum absolute atomic E-state index is 6.01. The first kappa shape index (κ1) is 10.9. The third kappa shape index (κ3) is 3.22. The van der Waals surface area contributed by atoms with Crippen molar-refractivity contribution in [2.45, 2.75) is 12.5 Å². The van der Waals surface area contributed by atoms with Gasteiger partial charge in [0.25, 0.3) is 0 Å². The summed E-state index contributed by atoms with van der Waals surface area (Å²) in [4.78, 5) is 0. The van der Waals surface area contributed by atoms with Crippen molar-refractivity contribution in [3.05, 3.63) is 34.9 Å². The molecule has 1 rings (SSSR count). The normalized spacial score (nSPS) is 12.8. The molecule has 0 aliphatic heterocycles. The molecule has 3 heteroatoms. The van der Waals surface area contributed by atoms with Crippen LogP contribution in [0.1, 0.15) is 18.0 Å². The highest BCUT2D eigenvalue weighted by Gasteiger charge is 2.08. The molecule has 2 N–H and O–H groups in total. The van der Waals surface area contributed by atoms with Gasteiger partial charge in [-0.3, -0.25) is 0 Å². The minimum absolute atomic E-state index is 0.0705. The van der Waals surface area contributed by atoms with Gasteiger partial charge in [-0.1, -0.05) is 29.8 Å². The molecule has 0 saturated carbocycles. The van der Waals surface area contributed by atoms with E-state index >= 15 is 0 Å². The predicted octanol–water partition coefficient (Wildman–Crippen LogP) is 3.09. The SMILES string of the molecule is CSCCC(N)c1ccccc1Cl. The molecule has 0 radical (unpaired) electrons. The van der Waals surface area contributed by atoms with E-state index in [1.54, 1.807) is 0 Å². The van der Waals surface area contributed by atoms with Crippen LogP contribution in [0, 0.1) is 0 Å². The largest absolute Gasteiger partial charge is 0.324 e. The molecule has 72 valence electrons. The number of thioether (sulfide) groups is 1. The summed E-state index contributed by atoms with van der Waals surface area (Å²) in [5.41, 5.74) is 7.04. The molecule has 1 atom stereocenters. The average Bonchev–Trinajstić information content (AvgIpc) is 2.15. The summed E-state index contributed by atoms with van der Waals surface area (Å²) in [5, 5.41) is 0.774. The molecule has 0 fully saturated rings. The second kappa shape index (κ2) is 5.53. The first-order valence-electron chi connectivity index (χ1n) is 4.24. The number of hydrogen-bond acceptors (Lipinski definition) is 2. The lowest BCUT2D eigenvalue weighted by molar-refractivity contribution is 0.706.